The van der Waals surface area contributed by atoms with E-state index in [2.05, 4.69) is 37.5 Å². The lowest BCUT2D eigenvalue weighted by Crippen LogP contribution is -2.41. The van der Waals surface area contributed by atoms with Gasteiger partial charge in [0.2, 0.25) is 5.91 Å². The molecule has 0 aliphatic carbocycles. The largest absolute Gasteiger partial charge is 0.342 e. The number of likely N-dealkylation sites (tertiary alicyclic amines) is 2. The number of hydrogen-bond donors (Lipinski definition) is 0. The van der Waals surface area contributed by atoms with Gasteiger partial charge < -0.3 is 4.90 Å². The first kappa shape index (κ1) is 12.9. The summed E-state index contributed by atoms with van der Waals surface area (Å²) in [6.07, 6.45) is 2.38. The van der Waals surface area contributed by atoms with E-state index in [1.165, 1.54) is 12.8 Å². The number of nitrogens with zero attached hydrogens (tertiary/aromatic N) is 2. The summed E-state index contributed by atoms with van der Waals surface area (Å²) in [5.41, 5.74) is 0.189. The van der Waals surface area contributed by atoms with Crippen molar-refractivity contribution in [2.45, 2.75) is 46.1 Å². The van der Waals surface area contributed by atoms with Gasteiger partial charge in [-0.05, 0) is 39.5 Å². The van der Waals surface area contributed by atoms with Crippen molar-refractivity contribution in [3.63, 3.8) is 0 Å². The standard InChI is InChI=1S/C14H26N2O/c1-11-9-16(14(2,3)4)10-12(11)13(17)15-7-5-6-8-15/h11-12H,5-10H2,1-4H3/t11?,12-/m1/s1. The first-order chi connectivity index (χ1) is 7.89. The minimum atomic E-state index is 0.189. The SMILES string of the molecule is CC1CN(C(C)(C)C)C[C@H]1C(=O)N1CCCC1. The summed E-state index contributed by atoms with van der Waals surface area (Å²) in [5.74, 6) is 1.14. The van der Waals surface area contributed by atoms with Crippen LogP contribution >= 0.6 is 0 Å². The van der Waals surface area contributed by atoms with Gasteiger partial charge in [0.1, 0.15) is 0 Å². The van der Waals surface area contributed by atoms with Gasteiger partial charge in [0.15, 0.2) is 0 Å². The molecule has 0 saturated carbocycles. The van der Waals surface area contributed by atoms with E-state index in [4.69, 9.17) is 0 Å². The van der Waals surface area contributed by atoms with Crippen molar-refractivity contribution in [2.75, 3.05) is 26.2 Å². The molecule has 98 valence electrons. The molecule has 2 aliphatic rings. The van der Waals surface area contributed by atoms with Crippen LogP contribution in [0.15, 0.2) is 0 Å². The molecule has 0 aromatic rings. The van der Waals surface area contributed by atoms with Gasteiger partial charge >= 0.3 is 0 Å². The van der Waals surface area contributed by atoms with Crippen molar-refractivity contribution in [1.82, 2.24) is 9.80 Å². The van der Waals surface area contributed by atoms with Crippen LogP contribution in [0.2, 0.25) is 0 Å². The average molecular weight is 238 g/mol. The Balaban J connectivity index is 2.00. The van der Waals surface area contributed by atoms with Crippen molar-refractivity contribution in [3.8, 4) is 0 Å². The van der Waals surface area contributed by atoms with E-state index in [0.29, 0.717) is 11.8 Å². The molecule has 2 rings (SSSR count). The summed E-state index contributed by atoms with van der Waals surface area (Å²) in [4.78, 5) is 17.0. The molecule has 17 heavy (non-hydrogen) atoms. The number of amides is 1. The molecule has 2 fully saturated rings. The van der Waals surface area contributed by atoms with Gasteiger partial charge in [-0.3, -0.25) is 9.69 Å². The number of carbonyl (C=O) groups is 1. The summed E-state index contributed by atoms with van der Waals surface area (Å²) in [5, 5.41) is 0. The second-order valence-electron chi connectivity index (χ2n) is 6.69. The third-order valence-corrected chi connectivity index (χ3v) is 4.30. The zero-order valence-corrected chi connectivity index (χ0v) is 11.7. The molecule has 1 amide bonds. The van der Waals surface area contributed by atoms with Gasteiger partial charge in [0.25, 0.3) is 0 Å². The molecule has 2 aliphatic heterocycles. The summed E-state index contributed by atoms with van der Waals surface area (Å²) in [6, 6.07) is 0. The Morgan fingerprint density at radius 1 is 1.12 bits per heavy atom. The zero-order valence-electron chi connectivity index (χ0n) is 11.7. The highest BCUT2D eigenvalue weighted by Gasteiger charge is 2.40. The molecule has 0 N–H and O–H groups in total. The number of hydrogen-bond acceptors (Lipinski definition) is 2. The van der Waals surface area contributed by atoms with E-state index >= 15 is 0 Å². The smallest absolute Gasteiger partial charge is 0.227 e. The quantitative estimate of drug-likeness (QED) is 0.697. The molecule has 2 heterocycles. The Kier molecular flexibility index (Phi) is 3.48. The molecule has 0 aromatic heterocycles. The Hall–Kier alpha value is -0.570. The third kappa shape index (κ3) is 2.65. The molecule has 3 nitrogen and oxygen atoms in total. The Labute approximate surface area is 105 Å². The summed E-state index contributed by atoms with van der Waals surface area (Å²) >= 11 is 0. The maximum absolute atomic E-state index is 12.4. The summed E-state index contributed by atoms with van der Waals surface area (Å²) in [6.45, 7) is 12.9. The van der Waals surface area contributed by atoms with Crippen LogP contribution < -0.4 is 0 Å². The van der Waals surface area contributed by atoms with Crippen LogP contribution in [-0.2, 0) is 4.79 Å². The predicted octanol–water partition coefficient (Wildman–Crippen LogP) is 1.98. The highest BCUT2D eigenvalue weighted by atomic mass is 16.2. The Morgan fingerprint density at radius 2 is 1.71 bits per heavy atom. The average Bonchev–Trinajstić information content (AvgIpc) is 2.83. The van der Waals surface area contributed by atoms with Gasteiger partial charge in [-0.2, -0.15) is 0 Å². The normalized spacial score (nSPS) is 31.2. The predicted molar refractivity (Wildman–Crippen MR) is 69.8 cm³/mol. The van der Waals surface area contributed by atoms with Crippen molar-refractivity contribution in [2.24, 2.45) is 11.8 Å². The molecule has 0 spiro atoms. The van der Waals surface area contributed by atoms with E-state index < -0.39 is 0 Å². The number of carbonyl (C=O) groups excluding carboxylic acids is 1. The fraction of sp³-hybridized carbons (Fsp3) is 0.929. The summed E-state index contributed by atoms with van der Waals surface area (Å²) < 4.78 is 0. The summed E-state index contributed by atoms with van der Waals surface area (Å²) in [7, 11) is 0. The fourth-order valence-corrected chi connectivity index (χ4v) is 3.01. The zero-order chi connectivity index (χ0) is 12.6. The number of rotatable bonds is 1. The molecule has 0 radical (unpaired) electrons. The van der Waals surface area contributed by atoms with Gasteiger partial charge in [-0.1, -0.05) is 6.92 Å². The molecular weight excluding hydrogens is 212 g/mol. The highest BCUT2D eigenvalue weighted by Crippen LogP contribution is 2.30. The molecule has 0 aromatic carbocycles. The van der Waals surface area contributed by atoms with Crippen molar-refractivity contribution < 1.29 is 4.79 Å². The van der Waals surface area contributed by atoms with Gasteiger partial charge in [-0.15, -0.1) is 0 Å². The highest BCUT2D eigenvalue weighted by molar-refractivity contribution is 5.80. The van der Waals surface area contributed by atoms with Crippen molar-refractivity contribution >= 4 is 5.91 Å². The van der Waals surface area contributed by atoms with Crippen molar-refractivity contribution in [3.05, 3.63) is 0 Å². The van der Waals surface area contributed by atoms with E-state index in [9.17, 15) is 4.79 Å². The molecule has 3 heteroatoms. The lowest BCUT2D eigenvalue weighted by molar-refractivity contribution is -0.135. The second-order valence-corrected chi connectivity index (χ2v) is 6.69. The lowest BCUT2D eigenvalue weighted by atomic mass is 9.97. The van der Waals surface area contributed by atoms with Gasteiger partial charge in [-0.25, -0.2) is 0 Å². The van der Waals surface area contributed by atoms with E-state index in [1.54, 1.807) is 0 Å². The fourth-order valence-electron chi connectivity index (χ4n) is 3.01. The Morgan fingerprint density at radius 3 is 2.18 bits per heavy atom. The second kappa shape index (κ2) is 4.60. The topological polar surface area (TPSA) is 23.6 Å². The van der Waals surface area contributed by atoms with Crippen LogP contribution in [0.4, 0.5) is 0 Å². The van der Waals surface area contributed by atoms with Gasteiger partial charge in [0.05, 0.1) is 5.92 Å². The van der Waals surface area contributed by atoms with Gasteiger partial charge in [0, 0.05) is 31.7 Å². The van der Waals surface area contributed by atoms with E-state index in [1.807, 2.05) is 0 Å². The molecule has 1 unspecified atom stereocenters. The van der Waals surface area contributed by atoms with Crippen LogP contribution in [0.1, 0.15) is 40.5 Å². The van der Waals surface area contributed by atoms with Crippen LogP contribution in [-0.4, -0.2) is 47.4 Å². The third-order valence-electron chi connectivity index (χ3n) is 4.30. The maximum Gasteiger partial charge on any atom is 0.227 e. The minimum Gasteiger partial charge on any atom is -0.342 e. The van der Waals surface area contributed by atoms with Crippen LogP contribution in [0, 0.1) is 11.8 Å². The molecular formula is C14H26N2O. The molecule has 2 atom stereocenters. The van der Waals surface area contributed by atoms with E-state index in [-0.39, 0.29) is 11.5 Å². The first-order valence-corrected chi connectivity index (χ1v) is 6.93. The van der Waals surface area contributed by atoms with Crippen LogP contribution in [0.3, 0.4) is 0 Å². The monoisotopic (exact) mass is 238 g/mol. The first-order valence-electron chi connectivity index (χ1n) is 6.93. The van der Waals surface area contributed by atoms with E-state index in [0.717, 1.165) is 26.2 Å². The molecule has 2 saturated heterocycles. The van der Waals surface area contributed by atoms with Crippen LogP contribution in [0.25, 0.3) is 0 Å². The lowest BCUT2D eigenvalue weighted by Gasteiger charge is -2.32. The molecule has 0 bridgehead atoms. The maximum atomic E-state index is 12.4. The Bertz CT molecular complexity index is 289. The van der Waals surface area contributed by atoms with Crippen molar-refractivity contribution in [1.29, 1.82) is 0 Å². The minimum absolute atomic E-state index is 0.189. The van der Waals surface area contributed by atoms with Crippen LogP contribution in [0.5, 0.6) is 0 Å².